The number of rotatable bonds is 6. The molecule has 2 heterocycles. The van der Waals surface area contributed by atoms with Gasteiger partial charge < -0.3 is 14.5 Å². The highest BCUT2D eigenvalue weighted by Gasteiger charge is 2.39. The largest absolute Gasteiger partial charge is 0.313 e. The van der Waals surface area contributed by atoms with Crippen LogP contribution in [0.3, 0.4) is 0 Å². The molecule has 0 spiro atoms. The monoisotopic (exact) mass is 393 g/mol. The lowest BCUT2D eigenvalue weighted by atomic mass is 9.97. The van der Waals surface area contributed by atoms with Crippen LogP contribution in [-0.4, -0.2) is 44.2 Å². The number of nitrogens with one attached hydrogen (secondary N) is 1. The van der Waals surface area contributed by atoms with E-state index >= 15 is 0 Å². The van der Waals surface area contributed by atoms with E-state index in [0.29, 0.717) is 6.04 Å². The second-order valence-electron chi connectivity index (χ2n) is 8.75. The van der Waals surface area contributed by atoms with Gasteiger partial charge in [-0.1, -0.05) is 30.3 Å². The van der Waals surface area contributed by atoms with Gasteiger partial charge in [-0.05, 0) is 99.6 Å². The van der Waals surface area contributed by atoms with E-state index in [1.165, 1.54) is 61.5 Å². The van der Waals surface area contributed by atoms with Crippen LogP contribution >= 0.6 is 11.9 Å². The lowest BCUT2D eigenvalue weighted by Gasteiger charge is -2.29. The first-order chi connectivity index (χ1) is 13.8. The van der Waals surface area contributed by atoms with Crippen molar-refractivity contribution in [2.45, 2.75) is 42.5 Å². The molecule has 2 aromatic rings. The smallest absolute Gasteiger partial charge is 0.0506 e. The van der Waals surface area contributed by atoms with Gasteiger partial charge >= 0.3 is 0 Å². The molecule has 2 aliphatic heterocycles. The summed E-state index contributed by atoms with van der Waals surface area (Å²) in [5.41, 5.74) is 4.49. The Kier molecular flexibility index (Phi) is 5.36. The molecule has 0 radical (unpaired) electrons. The summed E-state index contributed by atoms with van der Waals surface area (Å²) in [5.74, 6) is 1.61. The Labute approximate surface area is 173 Å². The molecule has 2 unspecified atom stereocenters. The van der Waals surface area contributed by atoms with Gasteiger partial charge in [0.15, 0.2) is 0 Å². The number of nitrogens with zero attached hydrogens (tertiary/aromatic N) is 2. The van der Waals surface area contributed by atoms with Crippen molar-refractivity contribution in [3.63, 3.8) is 0 Å². The first-order valence-electron chi connectivity index (χ1n) is 10.8. The van der Waals surface area contributed by atoms with Gasteiger partial charge in [-0.25, -0.2) is 0 Å². The molecule has 4 heteroatoms. The predicted molar refractivity (Wildman–Crippen MR) is 119 cm³/mol. The van der Waals surface area contributed by atoms with E-state index in [0.717, 1.165) is 18.4 Å². The van der Waals surface area contributed by atoms with E-state index in [4.69, 9.17) is 0 Å². The lowest BCUT2D eigenvalue weighted by molar-refractivity contribution is 0.215. The van der Waals surface area contributed by atoms with Crippen LogP contribution < -0.4 is 9.62 Å². The van der Waals surface area contributed by atoms with Crippen molar-refractivity contribution in [2.75, 3.05) is 37.5 Å². The number of hydrogen-bond acceptors (Lipinski definition) is 4. The van der Waals surface area contributed by atoms with Gasteiger partial charge in [0.2, 0.25) is 0 Å². The molecule has 2 aromatic carbocycles. The molecule has 0 bridgehead atoms. The third-order valence-electron chi connectivity index (χ3n) is 6.64. The Bertz CT molecular complexity index is 801. The predicted octanol–water partition coefficient (Wildman–Crippen LogP) is 4.54. The van der Waals surface area contributed by atoms with Crippen molar-refractivity contribution >= 4 is 17.6 Å². The highest BCUT2D eigenvalue weighted by Crippen LogP contribution is 2.44. The zero-order valence-corrected chi connectivity index (χ0v) is 17.6. The van der Waals surface area contributed by atoms with Gasteiger partial charge in [0.1, 0.15) is 0 Å². The first kappa shape index (κ1) is 18.5. The van der Waals surface area contributed by atoms with Crippen LogP contribution in [-0.2, 0) is 6.42 Å². The Balaban J connectivity index is 1.16. The lowest BCUT2D eigenvalue weighted by Crippen LogP contribution is -2.35. The molecule has 148 valence electrons. The topological polar surface area (TPSA) is 18.5 Å². The van der Waals surface area contributed by atoms with Crippen molar-refractivity contribution in [3.8, 4) is 0 Å². The number of fused-ring (bicyclic) bond motifs is 1. The van der Waals surface area contributed by atoms with Crippen molar-refractivity contribution in [1.82, 2.24) is 10.2 Å². The molecule has 3 aliphatic rings. The highest BCUT2D eigenvalue weighted by molar-refractivity contribution is 8.00. The summed E-state index contributed by atoms with van der Waals surface area (Å²) in [6, 6.07) is 18.6. The number of benzene rings is 2. The number of anilines is 1. The minimum Gasteiger partial charge on any atom is -0.313 e. The maximum Gasteiger partial charge on any atom is 0.0506 e. The molecular weight excluding hydrogens is 362 g/mol. The fraction of sp³-hybridized carbons (Fsp3) is 0.500. The molecule has 5 rings (SSSR count). The van der Waals surface area contributed by atoms with E-state index in [1.807, 2.05) is 11.9 Å². The van der Waals surface area contributed by atoms with Crippen LogP contribution in [0.25, 0.3) is 0 Å². The fourth-order valence-electron chi connectivity index (χ4n) is 4.70. The Morgan fingerprint density at radius 1 is 1.04 bits per heavy atom. The average Bonchev–Trinajstić information content (AvgIpc) is 3.41. The van der Waals surface area contributed by atoms with Crippen LogP contribution in [0, 0.1) is 5.92 Å². The molecule has 1 N–H and O–H groups in total. The molecule has 0 aromatic heterocycles. The minimum atomic E-state index is 0.703. The normalized spacial score (nSPS) is 25.1. The minimum absolute atomic E-state index is 0.703. The van der Waals surface area contributed by atoms with Gasteiger partial charge in [0, 0.05) is 23.4 Å². The highest BCUT2D eigenvalue weighted by atomic mass is 32.2. The third kappa shape index (κ3) is 4.10. The van der Waals surface area contributed by atoms with Crippen LogP contribution in [0.2, 0.25) is 0 Å². The molecule has 1 aliphatic carbocycles. The Morgan fingerprint density at radius 3 is 2.68 bits per heavy atom. The van der Waals surface area contributed by atoms with Crippen LogP contribution in [0.5, 0.6) is 0 Å². The van der Waals surface area contributed by atoms with Gasteiger partial charge in [-0.2, -0.15) is 0 Å². The summed E-state index contributed by atoms with van der Waals surface area (Å²) in [5, 5.41) is 3.87. The van der Waals surface area contributed by atoms with Crippen molar-refractivity contribution in [2.24, 2.45) is 5.92 Å². The summed E-state index contributed by atoms with van der Waals surface area (Å²) in [6.07, 6.45) is 5.20. The van der Waals surface area contributed by atoms with E-state index in [9.17, 15) is 0 Å². The van der Waals surface area contributed by atoms with Crippen LogP contribution in [0.1, 0.15) is 36.3 Å². The second-order valence-corrected chi connectivity index (χ2v) is 9.84. The van der Waals surface area contributed by atoms with Gasteiger partial charge in [0.05, 0.1) is 5.69 Å². The van der Waals surface area contributed by atoms with Crippen LogP contribution in [0.15, 0.2) is 53.4 Å². The molecule has 1 saturated carbocycles. The van der Waals surface area contributed by atoms with Crippen molar-refractivity contribution in [1.29, 1.82) is 0 Å². The Morgan fingerprint density at radius 2 is 1.86 bits per heavy atom. The van der Waals surface area contributed by atoms with Gasteiger partial charge in [-0.15, -0.1) is 0 Å². The van der Waals surface area contributed by atoms with Crippen LogP contribution in [0.4, 0.5) is 5.69 Å². The molecular formula is C24H31N3S. The van der Waals surface area contributed by atoms with Crippen molar-refractivity contribution in [3.05, 3.63) is 59.7 Å². The van der Waals surface area contributed by atoms with E-state index in [2.05, 4.69) is 70.1 Å². The summed E-state index contributed by atoms with van der Waals surface area (Å²) >= 11 is 1.87. The molecule has 3 nitrogen and oxygen atoms in total. The molecule has 1 saturated heterocycles. The van der Waals surface area contributed by atoms with E-state index < -0.39 is 0 Å². The maximum atomic E-state index is 3.87. The number of likely N-dealkylation sites (tertiary alicyclic amines) is 1. The standard InChI is InChI=1S/C24H31N3S/c1-26-12-9-18(10-13-26)17-25-23-16-22(23)19-7-8-24-20(15-19)11-14-27(24)28-21-5-3-2-4-6-21/h2-8,15,18,22-23,25H,9-14,16-17H2,1H3. The summed E-state index contributed by atoms with van der Waals surface area (Å²) in [6.45, 7) is 4.85. The third-order valence-corrected chi connectivity index (χ3v) is 7.72. The summed E-state index contributed by atoms with van der Waals surface area (Å²) in [4.78, 5) is 3.78. The fourth-order valence-corrected chi connectivity index (χ4v) is 5.69. The average molecular weight is 394 g/mol. The second kappa shape index (κ2) is 8.10. The Hall–Kier alpha value is -1.49. The molecule has 2 atom stereocenters. The number of piperidine rings is 1. The molecule has 0 amide bonds. The molecule has 2 fully saturated rings. The molecule has 28 heavy (non-hydrogen) atoms. The SMILES string of the molecule is CN1CCC(CNC2CC2c2ccc3c(c2)CCN3Sc2ccccc2)CC1. The zero-order valence-electron chi connectivity index (χ0n) is 16.8. The summed E-state index contributed by atoms with van der Waals surface area (Å²) < 4.78 is 2.46. The number of hydrogen-bond donors (Lipinski definition) is 1. The summed E-state index contributed by atoms with van der Waals surface area (Å²) in [7, 11) is 2.24. The van der Waals surface area contributed by atoms with Gasteiger partial charge in [-0.3, -0.25) is 0 Å². The van der Waals surface area contributed by atoms with E-state index in [-0.39, 0.29) is 0 Å². The van der Waals surface area contributed by atoms with Crippen molar-refractivity contribution < 1.29 is 0 Å². The maximum absolute atomic E-state index is 3.87. The quantitative estimate of drug-likeness (QED) is 0.726. The first-order valence-corrected chi connectivity index (χ1v) is 11.6. The van der Waals surface area contributed by atoms with E-state index in [1.54, 1.807) is 5.56 Å². The van der Waals surface area contributed by atoms with Gasteiger partial charge in [0.25, 0.3) is 0 Å². The zero-order chi connectivity index (χ0) is 18.9.